The number of hydrogen-bond donors (Lipinski definition) is 1. The highest BCUT2D eigenvalue weighted by molar-refractivity contribution is 5.95. The van der Waals surface area contributed by atoms with Gasteiger partial charge in [0.25, 0.3) is 0 Å². The number of piperazine rings is 1. The predicted octanol–water partition coefficient (Wildman–Crippen LogP) is 2.44. The first-order valence-corrected chi connectivity index (χ1v) is 8.96. The molecule has 5 nitrogen and oxygen atoms in total. The lowest BCUT2D eigenvalue weighted by atomic mass is 10.1. The number of benzene rings is 2. The second-order valence-corrected chi connectivity index (χ2v) is 5.89. The molecule has 0 saturated carbocycles. The molecule has 0 aromatic heterocycles. The van der Waals surface area contributed by atoms with Crippen LogP contribution in [0.5, 0.6) is 0 Å². The van der Waals surface area contributed by atoms with Crippen LogP contribution in [-0.2, 0) is 22.7 Å². The minimum atomic E-state index is -0.824. The highest BCUT2D eigenvalue weighted by Gasteiger charge is 2.38. The monoisotopic (exact) mass is 354 g/mol. The van der Waals surface area contributed by atoms with Crippen LogP contribution in [0.3, 0.4) is 0 Å². The second-order valence-electron chi connectivity index (χ2n) is 5.89. The van der Waals surface area contributed by atoms with Crippen LogP contribution >= 0.6 is 0 Å². The molecule has 1 saturated heterocycles. The molecule has 1 atom stereocenters. The lowest BCUT2D eigenvalue weighted by molar-refractivity contribution is -0.158. The fraction of sp³-hybridized carbons (Fsp3) is 0.333. The summed E-state index contributed by atoms with van der Waals surface area (Å²) in [7, 11) is 0. The molecule has 0 unspecified atom stereocenters. The SMILES string of the molecule is CC.O=C1[C@H](CO)N(Cc2ccccc2)C(=O)CN1Cc1ccccc1. The normalized spacial score (nSPS) is 17.0. The molecule has 0 spiro atoms. The molecular formula is C21H26N2O3. The summed E-state index contributed by atoms with van der Waals surface area (Å²) in [5.74, 6) is -0.356. The van der Waals surface area contributed by atoms with Crippen molar-refractivity contribution in [2.24, 2.45) is 0 Å². The Kier molecular flexibility index (Phi) is 7.36. The zero-order valence-corrected chi connectivity index (χ0v) is 15.3. The third-order valence-electron chi connectivity index (χ3n) is 4.20. The van der Waals surface area contributed by atoms with Crippen molar-refractivity contribution in [1.82, 2.24) is 9.80 Å². The van der Waals surface area contributed by atoms with E-state index in [1.807, 2.05) is 74.5 Å². The first kappa shape index (κ1) is 19.7. The Morgan fingerprint density at radius 1 is 0.885 bits per heavy atom. The van der Waals surface area contributed by atoms with Gasteiger partial charge in [0, 0.05) is 13.1 Å². The van der Waals surface area contributed by atoms with Gasteiger partial charge in [-0.25, -0.2) is 0 Å². The van der Waals surface area contributed by atoms with Gasteiger partial charge in [0.2, 0.25) is 11.8 Å². The zero-order valence-electron chi connectivity index (χ0n) is 15.3. The number of rotatable bonds is 5. The maximum atomic E-state index is 12.7. The quantitative estimate of drug-likeness (QED) is 0.897. The van der Waals surface area contributed by atoms with E-state index in [9.17, 15) is 14.7 Å². The fourth-order valence-corrected chi connectivity index (χ4v) is 2.94. The minimum Gasteiger partial charge on any atom is -0.394 e. The summed E-state index contributed by atoms with van der Waals surface area (Å²) in [6, 6.07) is 18.2. The average Bonchev–Trinajstić information content (AvgIpc) is 2.69. The summed E-state index contributed by atoms with van der Waals surface area (Å²) < 4.78 is 0. The Hall–Kier alpha value is -2.66. The first-order valence-electron chi connectivity index (χ1n) is 8.96. The van der Waals surface area contributed by atoms with E-state index < -0.39 is 6.04 Å². The molecule has 1 aliphatic rings. The molecule has 2 amide bonds. The number of carbonyl (C=O) groups is 2. The third kappa shape index (κ3) is 4.70. The van der Waals surface area contributed by atoms with Crippen molar-refractivity contribution >= 4 is 11.8 Å². The van der Waals surface area contributed by atoms with Crippen LogP contribution in [0.1, 0.15) is 25.0 Å². The number of aliphatic hydroxyl groups excluding tert-OH is 1. The number of aliphatic hydroxyl groups is 1. The maximum absolute atomic E-state index is 12.7. The average molecular weight is 354 g/mol. The molecular weight excluding hydrogens is 328 g/mol. The Bertz CT molecular complexity index is 704. The fourth-order valence-electron chi connectivity index (χ4n) is 2.94. The summed E-state index contributed by atoms with van der Waals surface area (Å²) >= 11 is 0. The van der Waals surface area contributed by atoms with E-state index in [4.69, 9.17) is 0 Å². The number of carbonyl (C=O) groups excluding carboxylic acids is 2. The second kappa shape index (κ2) is 9.73. The summed E-state index contributed by atoms with van der Waals surface area (Å²) in [6.45, 7) is 4.37. The molecule has 2 aromatic rings. The summed E-state index contributed by atoms with van der Waals surface area (Å²) in [5.41, 5.74) is 1.90. The van der Waals surface area contributed by atoms with Crippen molar-refractivity contribution in [3.05, 3.63) is 71.8 Å². The topological polar surface area (TPSA) is 60.9 Å². The van der Waals surface area contributed by atoms with Gasteiger partial charge >= 0.3 is 0 Å². The lowest BCUT2D eigenvalue weighted by Crippen LogP contribution is -2.60. The Morgan fingerprint density at radius 2 is 1.38 bits per heavy atom. The van der Waals surface area contributed by atoms with Gasteiger partial charge in [-0.3, -0.25) is 9.59 Å². The van der Waals surface area contributed by atoms with Crippen LogP contribution < -0.4 is 0 Å². The van der Waals surface area contributed by atoms with Gasteiger partial charge in [0.05, 0.1) is 6.61 Å². The number of hydrogen-bond acceptors (Lipinski definition) is 3. The molecule has 0 bridgehead atoms. The molecule has 3 rings (SSSR count). The van der Waals surface area contributed by atoms with E-state index in [0.29, 0.717) is 13.1 Å². The van der Waals surface area contributed by atoms with E-state index >= 15 is 0 Å². The van der Waals surface area contributed by atoms with Crippen molar-refractivity contribution in [2.45, 2.75) is 33.0 Å². The molecule has 0 radical (unpaired) electrons. The standard InChI is InChI=1S/C19H20N2O3.C2H6/c22-14-17-19(24)20(11-15-7-3-1-4-8-15)13-18(23)21(17)12-16-9-5-2-6-10-16;1-2/h1-10,17,22H,11-14H2;1-2H3/t17-;/m0./s1. The predicted molar refractivity (Wildman–Crippen MR) is 101 cm³/mol. The maximum Gasteiger partial charge on any atom is 0.248 e. The molecule has 5 heteroatoms. The van der Waals surface area contributed by atoms with Gasteiger partial charge in [-0.15, -0.1) is 0 Å². The molecule has 2 aromatic carbocycles. The molecule has 1 aliphatic heterocycles. The van der Waals surface area contributed by atoms with E-state index in [-0.39, 0.29) is 25.0 Å². The highest BCUT2D eigenvalue weighted by Crippen LogP contribution is 2.18. The number of amides is 2. The van der Waals surface area contributed by atoms with Crippen molar-refractivity contribution in [1.29, 1.82) is 0 Å². The van der Waals surface area contributed by atoms with E-state index in [1.54, 1.807) is 0 Å². The zero-order chi connectivity index (χ0) is 18.9. The van der Waals surface area contributed by atoms with Crippen molar-refractivity contribution < 1.29 is 14.7 Å². The molecule has 1 fully saturated rings. The molecule has 1 heterocycles. The van der Waals surface area contributed by atoms with Crippen molar-refractivity contribution in [2.75, 3.05) is 13.2 Å². The Balaban J connectivity index is 0.00000117. The highest BCUT2D eigenvalue weighted by atomic mass is 16.3. The lowest BCUT2D eigenvalue weighted by Gasteiger charge is -2.39. The molecule has 1 N–H and O–H groups in total. The van der Waals surface area contributed by atoms with Gasteiger partial charge in [-0.2, -0.15) is 0 Å². The molecule has 0 aliphatic carbocycles. The van der Waals surface area contributed by atoms with Crippen LogP contribution in [0.4, 0.5) is 0 Å². The smallest absolute Gasteiger partial charge is 0.248 e. The number of nitrogens with zero attached hydrogens (tertiary/aromatic N) is 2. The Morgan fingerprint density at radius 3 is 1.88 bits per heavy atom. The van der Waals surface area contributed by atoms with Crippen LogP contribution in [-0.4, -0.2) is 45.9 Å². The molecule has 26 heavy (non-hydrogen) atoms. The van der Waals surface area contributed by atoms with Gasteiger partial charge in [-0.1, -0.05) is 74.5 Å². The Labute approximate surface area is 154 Å². The van der Waals surface area contributed by atoms with E-state index in [0.717, 1.165) is 11.1 Å². The third-order valence-corrected chi connectivity index (χ3v) is 4.20. The van der Waals surface area contributed by atoms with Crippen molar-refractivity contribution in [3.8, 4) is 0 Å². The summed E-state index contributed by atoms with van der Waals surface area (Å²) in [6.07, 6.45) is 0. The van der Waals surface area contributed by atoms with Crippen LogP contribution in [0.15, 0.2) is 60.7 Å². The molecule has 138 valence electrons. The largest absolute Gasteiger partial charge is 0.394 e. The van der Waals surface area contributed by atoms with Gasteiger partial charge in [0.1, 0.15) is 12.6 Å². The first-order chi connectivity index (χ1) is 12.7. The van der Waals surface area contributed by atoms with E-state index in [2.05, 4.69) is 0 Å². The minimum absolute atomic E-state index is 0.0388. The van der Waals surface area contributed by atoms with Crippen molar-refractivity contribution in [3.63, 3.8) is 0 Å². The summed E-state index contributed by atoms with van der Waals surface area (Å²) in [5, 5.41) is 9.67. The van der Waals surface area contributed by atoms with Crippen LogP contribution in [0.2, 0.25) is 0 Å². The van der Waals surface area contributed by atoms with Crippen LogP contribution in [0.25, 0.3) is 0 Å². The van der Waals surface area contributed by atoms with Gasteiger partial charge in [-0.05, 0) is 11.1 Å². The van der Waals surface area contributed by atoms with E-state index in [1.165, 1.54) is 9.80 Å². The van der Waals surface area contributed by atoms with Gasteiger partial charge < -0.3 is 14.9 Å². The van der Waals surface area contributed by atoms with Gasteiger partial charge in [0.15, 0.2) is 0 Å². The summed E-state index contributed by atoms with van der Waals surface area (Å²) in [4.78, 5) is 28.2. The van der Waals surface area contributed by atoms with Crippen LogP contribution in [0, 0.1) is 0 Å².